The zero-order valence-electron chi connectivity index (χ0n) is 9.75. The van der Waals surface area contributed by atoms with Crippen molar-refractivity contribution in [2.75, 3.05) is 27.4 Å². The Kier molecular flexibility index (Phi) is 6.00. The first-order chi connectivity index (χ1) is 7.77. The molecule has 0 saturated heterocycles. The lowest BCUT2D eigenvalue weighted by Gasteiger charge is -2.07. The van der Waals surface area contributed by atoms with Crippen LogP contribution in [0.3, 0.4) is 0 Å². The molecule has 0 fully saturated rings. The van der Waals surface area contributed by atoms with Crippen LogP contribution in [0.4, 0.5) is 4.39 Å². The Morgan fingerprint density at radius 1 is 1.31 bits per heavy atom. The third-order valence-corrected chi connectivity index (χ3v) is 2.18. The van der Waals surface area contributed by atoms with Crippen LogP contribution < -0.4 is 5.32 Å². The van der Waals surface area contributed by atoms with Crippen molar-refractivity contribution in [1.82, 2.24) is 5.32 Å². The first-order valence-electron chi connectivity index (χ1n) is 5.26. The Morgan fingerprint density at radius 2 is 2.12 bits per heavy atom. The molecular weight excluding hydrogens is 209 g/mol. The topological polar surface area (TPSA) is 30.5 Å². The highest BCUT2D eigenvalue weighted by Gasteiger charge is 2.03. The summed E-state index contributed by atoms with van der Waals surface area (Å²) in [7, 11) is 3.47. The van der Waals surface area contributed by atoms with E-state index in [-0.39, 0.29) is 12.4 Å². The second-order valence-electron chi connectivity index (χ2n) is 3.50. The molecular formula is C12H18FNO2. The molecule has 1 aromatic carbocycles. The smallest absolute Gasteiger partial charge is 0.128 e. The quantitative estimate of drug-likeness (QED) is 0.719. The molecule has 0 atom stereocenters. The maximum absolute atomic E-state index is 13.4. The molecule has 0 heterocycles. The van der Waals surface area contributed by atoms with Gasteiger partial charge >= 0.3 is 0 Å². The van der Waals surface area contributed by atoms with Gasteiger partial charge in [0.2, 0.25) is 0 Å². The molecule has 0 amide bonds. The van der Waals surface area contributed by atoms with E-state index in [4.69, 9.17) is 9.47 Å². The minimum atomic E-state index is -0.225. The van der Waals surface area contributed by atoms with Gasteiger partial charge in [0.05, 0.1) is 19.8 Å². The second-order valence-corrected chi connectivity index (χ2v) is 3.50. The number of rotatable bonds is 7. The van der Waals surface area contributed by atoms with Gasteiger partial charge in [-0.25, -0.2) is 4.39 Å². The summed E-state index contributed by atoms with van der Waals surface area (Å²) in [4.78, 5) is 0. The Morgan fingerprint density at radius 3 is 2.81 bits per heavy atom. The fourth-order valence-electron chi connectivity index (χ4n) is 1.38. The van der Waals surface area contributed by atoms with E-state index in [2.05, 4.69) is 5.32 Å². The minimum Gasteiger partial charge on any atom is -0.382 e. The van der Waals surface area contributed by atoms with Crippen LogP contribution >= 0.6 is 0 Å². The Bertz CT molecular complexity index is 318. The highest BCUT2D eigenvalue weighted by Crippen LogP contribution is 2.11. The van der Waals surface area contributed by atoms with Crippen LogP contribution in [-0.2, 0) is 22.6 Å². The molecule has 0 aliphatic rings. The van der Waals surface area contributed by atoms with Crippen LogP contribution in [0.5, 0.6) is 0 Å². The summed E-state index contributed by atoms with van der Waals surface area (Å²) in [6.45, 7) is 2.02. The van der Waals surface area contributed by atoms with Crippen LogP contribution in [0.1, 0.15) is 11.1 Å². The van der Waals surface area contributed by atoms with E-state index in [9.17, 15) is 4.39 Å². The van der Waals surface area contributed by atoms with Gasteiger partial charge < -0.3 is 14.8 Å². The van der Waals surface area contributed by atoms with Gasteiger partial charge in [0.15, 0.2) is 0 Å². The average molecular weight is 227 g/mol. The van der Waals surface area contributed by atoms with Gasteiger partial charge in [-0.1, -0.05) is 6.07 Å². The summed E-state index contributed by atoms with van der Waals surface area (Å²) < 4.78 is 23.5. The number of hydrogen-bond acceptors (Lipinski definition) is 3. The highest BCUT2D eigenvalue weighted by atomic mass is 19.1. The second kappa shape index (κ2) is 7.33. The zero-order chi connectivity index (χ0) is 11.8. The summed E-state index contributed by atoms with van der Waals surface area (Å²) in [5, 5.41) is 3.02. The lowest BCUT2D eigenvalue weighted by Crippen LogP contribution is -2.07. The Hall–Kier alpha value is -0.970. The van der Waals surface area contributed by atoms with Crippen molar-refractivity contribution in [3.8, 4) is 0 Å². The van der Waals surface area contributed by atoms with E-state index in [1.54, 1.807) is 13.2 Å². The zero-order valence-corrected chi connectivity index (χ0v) is 9.75. The van der Waals surface area contributed by atoms with Crippen molar-refractivity contribution in [2.45, 2.75) is 13.2 Å². The maximum atomic E-state index is 13.4. The molecule has 3 nitrogen and oxygen atoms in total. The minimum absolute atomic E-state index is 0.225. The van der Waals surface area contributed by atoms with Crippen LogP contribution in [0, 0.1) is 5.82 Å². The summed E-state index contributed by atoms with van der Waals surface area (Å²) in [5.74, 6) is -0.225. The molecule has 0 radical (unpaired) electrons. The molecule has 1 aromatic rings. The van der Waals surface area contributed by atoms with E-state index < -0.39 is 0 Å². The Labute approximate surface area is 95.6 Å². The van der Waals surface area contributed by atoms with Crippen molar-refractivity contribution in [3.05, 3.63) is 35.1 Å². The third-order valence-electron chi connectivity index (χ3n) is 2.18. The fraction of sp³-hybridized carbons (Fsp3) is 0.500. The molecule has 1 N–H and O–H groups in total. The predicted molar refractivity (Wildman–Crippen MR) is 60.7 cm³/mol. The summed E-state index contributed by atoms with van der Waals surface area (Å²) >= 11 is 0. The summed E-state index contributed by atoms with van der Waals surface area (Å²) in [5.41, 5.74) is 1.64. The van der Waals surface area contributed by atoms with E-state index in [1.165, 1.54) is 6.07 Å². The third kappa shape index (κ3) is 4.26. The van der Waals surface area contributed by atoms with Gasteiger partial charge in [-0.15, -0.1) is 0 Å². The molecule has 0 bridgehead atoms. The summed E-state index contributed by atoms with van der Waals surface area (Å²) in [6.07, 6.45) is 0. The fourth-order valence-corrected chi connectivity index (χ4v) is 1.38. The number of methoxy groups -OCH3 is 1. The molecule has 16 heavy (non-hydrogen) atoms. The number of halogens is 1. The monoisotopic (exact) mass is 227 g/mol. The molecule has 90 valence electrons. The molecule has 4 heteroatoms. The van der Waals surface area contributed by atoms with Gasteiger partial charge in [0.1, 0.15) is 5.82 Å². The van der Waals surface area contributed by atoms with Crippen LogP contribution in [-0.4, -0.2) is 27.4 Å². The van der Waals surface area contributed by atoms with Crippen molar-refractivity contribution >= 4 is 0 Å². The standard InChI is InChI=1S/C12H18FNO2/c1-14-8-10-3-4-12(13)11(7-10)9-16-6-5-15-2/h3-4,7,14H,5-6,8-9H2,1-2H3. The Balaban J connectivity index is 2.52. The maximum Gasteiger partial charge on any atom is 0.128 e. The number of nitrogens with one attached hydrogen (secondary N) is 1. The molecule has 1 rings (SSSR count). The lowest BCUT2D eigenvalue weighted by atomic mass is 10.1. The number of ether oxygens (including phenoxy) is 2. The van der Waals surface area contributed by atoms with Crippen molar-refractivity contribution in [1.29, 1.82) is 0 Å². The first-order valence-corrected chi connectivity index (χ1v) is 5.26. The highest BCUT2D eigenvalue weighted by molar-refractivity contribution is 5.24. The molecule has 0 aliphatic heterocycles. The van der Waals surface area contributed by atoms with E-state index in [1.807, 2.05) is 13.1 Å². The number of hydrogen-bond donors (Lipinski definition) is 1. The molecule has 0 spiro atoms. The molecule has 0 aliphatic carbocycles. The SMILES string of the molecule is CNCc1ccc(F)c(COCCOC)c1. The van der Waals surface area contributed by atoms with E-state index in [0.29, 0.717) is 18.8 Å². The predicted octanol–water partition coefficient (Wildman–Crippen LogP) is 1.71. The van der Waals surface area contributed by atoms with E-state index in [0.717, 1.165) is 12.1 Å². The van der Waals surface area contributed by atoms with Crippen LogP contribution in [0.25, 0.3) is 0 Å². The van der Waals surface area contributed by atoms with Gasteiger partial charge in [-0.05, 0) is 24.7 Å². The average Bonchev–Trinajstić information content (AvgIpc) is 2.29. The lowest BCUT2D eigenvalue weighted by molar-refractivity contribution is 0.0604. The molecule has 0 saturated carbocycles. The molecule has 0 unspecified atom stereocenters. The molecule has 0 aromatic heterocycles. The van der Waals surface area contributed by atoms with Crippen LogP contribution in [0.15, 0.2) is 18.2 Å². The van der Waals surface area contributed by atoms with E-state index >= 15 is 0 Å². The first kappa shape index (κ1) is 13.1. The van der Waals surface area contributed by atoms with Crippen molar-refractivity contribution in [3.63, 3.8) is 0 Å². The largest absolute Gasteiger partial charge is 0.382 e. The van der Waals surface area contributed by atoms with Gasteiger partial charge in [0.25, 0.3) is 0 Å². The number of benzene rings is 1. The van der Waals surface area contributed by atoms with Gasteiger partial charge in [-0.3, -0.25) is 0 Å². The van der Waals surface area contributed by atoms with Gasteiger partial charge in [0, 0.05) is 19.2 Å². The normalized spacial score (nSPS) is 10.7. The van der Waals surface area contributed by atoms with Crippen molar-refractivity contribution in [2.24, 2.45) is 0 Å². The van der Waals surface area contributed by atoms with Crippen molar-refractivity contribution < 1.29 is 13.9 Å². The summed E-state index contributed by atoms with van der Waals surface area (Å²) in [6, 6.07) is 5.06. The van der Waals surface area contributed by atoms with Gasteiger partial charge in [-0.2, -0.15) is 0 Å². The van der Waals surface area contributed by atoms with Crippen LogP contribution in [0.2, 0.25) is 0 Å².